The molecule has 0 aromatic heterocycles. The van der Waals surface area contributed by atoms with Gasteiger partial charge in [0.15, 0.2) is 5.96 Å². The summed E-state index contributed by atoms with van der Waals surface area (Å²) < 4.78 is 24.9. The molecule has 0 atom stereocenters. The van der Waals surface area contributed by atoms with Crippen LogP contribution >= 0.6 is 24.0 Å². The van der Waals surface area contributed by atoms with Crippen LogP contribution in [0.5, 0.6) is 0 Å². The molecule has 6 nitrogen and oxygen atoms in total. The largest absolute Gasteiger partial charge is 0.370 e. The van der Waals surface area contributed by atoms with E-state index in [9.17, 15) is 8.42 Å². The van der Waals surface area contributed by atoms with E-state index in [1.807, 2.05) is 0 Å². The number of likely N-dealkylation sites (tertiary alicyclic amines) is 1. The van der Waals surface area contributed by atoms with Crippen molar-refractivity contribution in [3.05, 3.63) is 0 Å². The number of nitrogens with two attached hydrogens (primary N) is 1. The lowest BCUT2D eigenvalue weighted by Gasteiger charge is -2.29. The van der Waals surface area contributed by atoms with Gasteiger partial charge >= 0.3 is 0 Å². The van der Waals surface area contributed by atoms with Gasteiger partial charge in [-0.1, -0.05) is 0 Å². The SMILES string of the molecule is CC(C)(CN=C(N)N1CCCCC1)NS(C)(=O)=O.I. The summed E-state index contributed by atoms with van der Waals surface area (Å²) in [6.07, 6.45) is 4.67. The van der Waals surface area contributed by atoms with Gasteiger partial charge in [0, 0.05) is 18.6 Å². The lowest BCUT2D eigenvalue weighted by Crippen LogP contribution is -2.47. The van der Waals surface area contributed by atoms with Crippen LogP contribution < -0.4 is 10.5 Å². The fourth-order valence-electron chi connectivity index (χ4n) is 2.04. The Balaban J connectivity index is 0.00000324. The summed E-state index contributed by atoms with van der Waals surface area (Å²) in [4.78, 5) is 6.35. The molecule has 1 aliphatic rings. The van der Waals surface area contributed by atoms with Gasteiger partial charge in [-0.2, -0.15) is 0 Å². The van der Waals surface area contributed by atoms with Crippen molar-refractivity contribution in [3.63, 3.8) is 0 Å². The lowest BCUT2D eigenvalue weighted by molar-refractivity contribution is 0.336. The van der Waals surface area contributed by atoms with Crippen LogP contribution in [0.2, 0.25) is 0 Å². The molecule has 0 radical (unpaired) electrons. The fourth-order valence-corrected chi connectivity index (χ4v) is 3.10. The second-order valence-electron chi connectivity index (χ2n) is 5.48. The molecule has 0 spiro atoms. The molecule has 0 aromatic rings. The summed E-state index contributed by atoms with van der Waals surface area (Å²) in [7, 11) is -3.23. The van der Waals surface area contributed by atoms with Crippen LogP contribution in [-0.4, -0.2) is 50.7 Å². The third-order valence-corrected chi connectivity index (χ3v) is 3.70. The Morgan fingerprint density at radius 3 is 2.32 bits per heavy atom. The Morgan fingerprint density at radius 1 is 1.32 bits per heavy atom. The van der Waals surface area contributed by atoms with Gasteiger partial charge in [-0.3, -0.25) is 4.99 Å². The normalized spacial score (nSPS) is 18.1. The molecular weight excluding hydrogens is 379 g/mol. The highest BCUT2D eigenvalue weighted by Gasteiger charge is 2.22. The Labute approximate surface area is 133 Å². The van der Waals surface area contributed by atoms with Crippen LogP contribution in [0.1, 0.15) is 33.1 Å². The molecule has 0 unspecified atom stereocenters. The second-order valence-corrected chi connectivity index (χ2v) is 7.23. The summed E-state index contributed by atoms with van der Waals surface area (Å²) in [5.41, 5.74) is 5.30. The minimum Gasteiger partial charge on any atom is -0.370 e. The van der Waals surface area contributed by atoms with Crippen LogP contribution in [0.3, 0.4) is 0 Å². The topological polar surface area (TPSA) is 87.8 Å². The molecule has 0 bridgehead atoms. The smallest absolute Gasteiger partial charge is 0.209 e. The molecule has 3 N–H and O–H groups in total. The van der Waals surface area contributed by atoms with Crippen molar-refractivity contribution in [2.24, 2.45) is 10.7 Å². The van der Waals surface area contributed by atoms with E-state index in [1.54, 1.807) is 13.8 Å². The van der Waals surface area contributed by atoms with Gasteiger partial charge in [0.2, 0.25) is 10.0 Å². The van der Waals surface area contributed by atoms with Gasteiger partial charge in [-0.25, -0.2) is 13.1 Å². The van der Waals surface area contributed by atoms with E-state index in [4.69, 9.17) is 5.73 Å². The minimum atomic E-state index is -3.23. The Hall–Kier alpha value is -0.0900. The van der Waals surface area contributed by atoms with Gasteiger partial charge in [0.25, 0.3) is 0 Å². The molecule has 8 heteroatoms. The summed E-state index contributed by atoms with van der Waals surface area (Å²) in [5.74, 6) is 0.512. The number of piperidine rings is 1. The third-order valence-electron chi connectivity index (χ3n) is 2.78. The molecule has 0 aromatic carbocycles. The van der Waals surface area contributed by atoms with Crippen LogP contribution in [-0.2, 0) is 10.0 Å². The Morgan fingerprint density at radius 2 is 1.84 bits per heavy atom. The first-order valence-corrected chi connectivity index (χ1v) is 8.13. The van der Waals surface area contributed by atoms with Crippen molar-refractivity contribution in [3.8, 4) is 0 Å². The number of hydrogen-bond donors (Lipinski definition) is 2. The number of guanidine groups is 1. The predicted molar refractivity (Wildman–Crippen MR) is 89.4 cm³/mol. The Kier molecular flexibility index (Phi) is 7.59. The predicted octanol–water partition coefficient (Wildman–Crippen LogP) is 0.733. The van der Waals surface area contributed by atoms with E-state index in [1.165, 1.54) is 6.42 Å². The highest BCUT2D eigenvalue weighted by atomic mass is 127. The van der Waals surface area contributed by atoms with Crippen molar-refractivity contribution in [1.82, 2.24) is 9.62 Å². The standard InChI is InChI=1S/C11H24N4O2S.HI/c1-11(2,14-18(3,16)17)9-13-10(12)15-7-5-4-6-8-15;/h14H,4-9H2,1-3H3,(H2,12,13);1H. The maximum Gasteiger partial charge on any atom is 0.209 e. The number of sulfonamides is 1. The van der Waals surface area contributed by atoms with E-state index in [0.29, 0.717) is 12.5 Å². The molecule has 1 aliphatic heterocycles. The number of nitrogens with one attached hydrogen (secondary N) is 1. The third kappa shape index (κ3) is 7.93. The first-order valence-electron chi connectivity index (χ1n) is 6.23. The zero-order valence-electron chi connectivity index (χ0n) is 11.8. The molecular formula is C11H25IN4O2S. The first kappa shape index (κ1) is 18.9. The second kappa shape index (κ2) is 7.63. The number of nitrogens with zero attached hydrogens (tertiary/aromatic N) is 2. The van der Waals surface area contributed by atoms with Gasteiger partial charge in [-0.15, -0.1) is 24.0 Å². The molecule has 1 rings (SSSR count). The fraction of sp³-hybridized carbons (Fsp3) is 0.909. The number of aliphatic imine (C=N–C) groups is 1. The molecule has 1 heterocycles. The van der Waals surface area contributed by atoms with Crippen molar-refractivity contribution in [1.29, 1.82) is 0 Å². The minimum absolute atomic E-state index is 0. The van der Waals surface area contributed by atoms with Gasteiger partial charge in [0.05, 0.1) is 12.8 Å². The number of hydrogen-bond acceptors (Lipinski definition) is 3. The number of rotatable bonds is 4. The monoisotopic (exact) mass is 404 g/mol. The molecule has 1 fully saturated rings. The van der Waals surface area contributed by atoms with E-state index in [-0.39, 0.29) is 24.0 Å². The average Bonchev–Trinajstić information content (AvgIpc) is 2.24. The maximum absolute atomic E-state index is 11.2. The zero-order chi connectivity index (χ0) is 13.8. The molecule has 0 amide bonds. The van der Waals surface area contributed by atoms with Crippen LogP contribution in [0.4, 0.5) is 0 Å². The molecule has 0 aliphatic carbocycles. The summed E-state index contributed by atoms with van der Waals surface area (Å²) >= 11 is 0. The van der Waals surface area contributed by atoms with Crippen molar-refractivity contribution < 1.29 is 8.42 Å². The lowest BCUT2D eigenvalue weighted by atomic mass is 10.1. The van der Waals surface area contributed by atoms with E-state index < -0.39 is 15.6 Å². The first-order chi connectivity index (χ1) is 8.20. The van der Waals surface area contributed by atoms with E-state index in [2.05, 4.69) is 14.6 Å². The van der Waals surface area contributed by atoms with Gasteiger partial charge < -0.3 is 10.6 Å². The quantitative estimate of drug-likeness (QED) is 0.411. The zero-order valence-corrected chi connectivity index (χ0v) is 15.0. The average molecular weight is 404 g/mol. The summed E-state index contributed by atoms with van der Waals surface area (Å²) in [6.45, 7) is 5.80. The maximum atomic E-state index is 11.2. The van der Waals surface area contributed by atoms with Crippen LogP contribution in [0.25, 0.3) is 0 Å². The molecule has 114 valence electrons. The van der Waals surface area contributed by atoms with Crippen LogP contribution in [0, 0.1) is 0 Å². The highest BCUT2D eigenvalue weighted by Crippen LogP contribution is 2.09. The van der Waals surface area contributed by atoms with Gasteiger partial charge in [-0.05, 0) is 33.1 Å². The van der Waals surface area contributed by atoms with E-state index >= 15 is 0 Å². The number of halogens is 1. The van der Waals surface area contributed by atoms with Crippen molar-refractivity contribution in [2.45, 2.75) is 38.6 Å². The van der Waals surface area contributed by atoms with E-state index in [0.717, 1.165) is 32.2 Å². The highest BCUT2D eigenvalue weighted by molar-refractivity contribution is 14.0. The molecule has 19 heavy (non-hydrogen) atoms. The summed E-state index contributed by atoms with van der Waals surface area (Å²) in [6, 6.07) is 0. The summed E-state index contributed by atoms with van der Waals surface area (Å²) in [5, 5.41) is 0. The van der Waals surface area contributed by atoms with Crippen molar-refractivity contribution >= 4 is 40.0 Å². The Bertz CT molecular complexity index is 403. The molecule has 0 saturated carbocycles. The molecule has 1 saturated heterocycles. The van der Waals surface area contributed by atoms with Crippen LogP contribution in [0.15, 0.2) is 4.99 Å². The van der Waals surface area contributed by atoms with Crippen molar-refractivity contribution in [2.75, 3.05) is 25.9 Å². The van der Waals surface area contributed by atoms with Gasteiger partial charge in [0.1, 0.15) is 0 Å².